The zero-order chi connectivity index (χ0) is 22.9. The van der Waals surface area contributed by atoms with E-state index in [1.807, 2.05) is 0 Å². The van der Waals surface area contributed by atoms with Crippen LogP contribution < -0.4 is 0 Å². The van der Waals surface area contributed by atoms with Gasteiger partial charge in [-0.25, -0.2) is 4.39 Å². The minimum Gasteiger partial charge on any atom is -0.374 e. The Labute approximate surface area is 190 Å². The van der Waals surface area contributed by atoms with Gasteiger partial charge in [-0.05, 0) is 80.7 Å². The number of hydrogen-bond acceptors (Lipinski definition) is 5. The van der Waals surface area contributed by atoms with E-state index in [9.17, 15) is 0 Å². The standard InChI is InChI=1S/C25H48FN3O2/c1-23(2,3)29-14-10-25(26,11-15-29)19-28-12-8-21(9-13-28)31-22-16-20(27(7)17-22)18-30-24(4,5)6/h20-22H,8-19H2,1-7H3/t20-,22+/m0/s1. The van der Waals surface area contributed by atoms with Gasteiger partial charge in [-0.3, -0.25) is 14.7 Å². The van der Waals surface area contributed by atoms with Crippen LogP contribution in [0.1, 0.15) is 73.6 Å². The van der Waals surface area contributed by atoms with Crippen LogP contribution in [0.3, 0.4) is 0 Å². The van der Waals surface area contributed by atoms with Gasteiger partial charge in [0.05, 0.1) is 24.4 Å². The molecule has 0 bridgehead atoms. The molecule has 3 saturated heterocycles. The fourth-order valence-corrected chi connectivity index (χ4v) is 5.28. The highest BCUT2D eigenvalue weighted by Crippen LogP contribution is 2.32. The Morgan fingerprint density at radius 1 is 0.935 bits per heavy atom. The number of likely N-dealkylation sites (N-methyl/N-ethyl adjacent to an activating group) is 1. The number of rotatable bonds is 6. The molecular formula is C25H48FN3O2. The van der Waals surface area contributed by atoms with Crippen molar-refractivity contribution in [3.63, 3.8) is 0 Å². The quantitative estimate of drug-likeness (QED) is 0.622. The van der Waals surface area contributed by atoms with E-state index in [4.69, 9.17) is 9.47 Å². The van der Waals surface area contributed by atoms with Crippen LogP contribution in [-0.2, 0) is 9.47 Å². The lowest BCUT2D eigenvalue weighted by atomic mass is 9.89. The summed E-state index contributed by atoms with van der Waals surface area (Å²) in [6.45, 7) is 19.0. The maximum Gasteiger partial charge on any atom is 0.126 e. The van der Waals surface area contributed by atoms with Crippen molar-refractivity contribution < 1.29 is 13.9 Å². The Morgan fingerprint density at radius 3 is 2.10 bits per heavy atom. The molecule has 0 amide bonds. The van der Waals surface area contributed by atoms with Crippen LogP contribution in [0.5, 0.6) is 0 Å². The van der Waals surface area contributed by atoms with Gasteiger partial charge in [-0.15, -0.1) is 0 Å². The summed E-state index contributed by atoms with van der Waals surface area (Å²) in [5, 5.41) is 0. The fourth-order valence-electron chi connectivity index (χ4n) is 5.28. The van der Waals surface area contributed by atoms with Gasteiger partial charge in [0.2, 0.25) is 0 Å². The van der Waals surface area contributed by atoms with E-state index < -0.39 is 5.67 Å². The van der Waals surface area contributed by atoms with Gasteiger partial charge in [-0.2, -0.15) is 0 Å². The number of ether oxygens (including phenoxy) is 2. The SMILES string of the molecule is CN1C[C@H](OC2CCN(CC3(F)CCN(C(C)(C)C)CC3)CC2)C[C@H]1COC(C)(C)C. The van der Waals surface area contributed by atoms with E-state index in [1.165, 1.54) is 0 Å². The van der Waals surface area contributed by atoms with E-state index in [0.717, 1.165) is 58.6 Å². The maximum absolute atomic E-state index is 15.5. The van der Waals surface area contributed by atoms with E-state index in [1.54, 1.807) is 0 Å². The summed E-state index contributed by atoms with van der Waals surface area (Å²) in [6, 6.07) is 0.440. The predicted molar refractivity (Wildman–Crippen MR) is 125 cm³/mol. The Morgan fingerprint density at radius 2 is 1.55 bits per heavy atom. The van der Waals surface area contributed by atoms with Crippen molar-refractivity contribution in [3.8, 4) is 0 Å². The molecule has 3 heterocycles. The zero-order valence-electron chi connectivity index (χ0n) is 21.3. The van der Waals surface area contributed by atoms with Gasteiger partial charge in [0.1, 0.15) is 5.67 Å². The molecule has 0 aromatic heterocycles. The molecule has 31 heavy (non-hydrogen) atoms. The Bertz CT molecular complexity index is 558. The smallest absolute Gasteiger partial charge is 0.126 e. The number of piperidine rings is 2. The van der Waals surface area contributed by atoms with Gasteiger partial charge >= 0.3 is 0 Å². The third-order valence-corrected chi connectivity index (χ3v) is 7.39. The second-order valence-electron chi connectivity index (χ2n) is 12.3. The average Bonchev–Trinajstić information content (AvgIpc) is 3.00. The number of halogens is 1. The van der Waals surface area contributed by atoms with Crippen molar-refractivity contribution in [1.82, 2.24) is 14.7 Å². The molecule has 0 saturated carbocycles. The van der Waals surface area contributed by atoms with Crippen LogP contribution in [0.4, 0.5) is 4.39 Å². The molecule has 0 aliphatic carbocycles. The van der Waals surface area contributed by atoms with Gasteiger partial charge in [-0.1, -0.05) is 0 Å². The molecule has 3 rings (SSSR count). The normalized spacial score (nSPS) is 30.2. The first-order valence-electron chi connectivity index (χ1n) is 12.5. The Kier molecular flexibility index (Phi) is 8.12. The highest BCUT2D eigenvalue weighted by Gasteiger charge is 2.40. The minimum absolute atomic E-state index is 0.0935. The monoisotopic (exact) mass is 441 g/mol. The molecular weight excluding hydrogens is 393 g/mol. The number of nitrogens with zero attached hydrogens (tertiary/aromatic N) is 3. The summed E-state index contributed by atoms with van der Waals surface area (Å²) < 4.78 is 27.9. The molecule has 0 aromatic carbocycles. The lowest BCUT2D eigenvalue weighted by molar-refractivity contribution is -0.0534. The van der Waals surface area contributed by atoms with E-state index in [2.05, 4.69) is 63.3 Å². The Balaban J connectivity index is 1.37. The molecule has 3 aliphatic rings. The summed E-state index contributed by atoms with van der Waals surface area (Å²) in [5.41, 5.74) is -0.975. The molecule has 182 valence electrons. The lowest BCUT2D eigenvalue weighted by Gasteiger charge is -2.45. The van der Waals surface area contributed by atoms with Crippen LogP contribution in [0.25, 0.3) is 0 Å². The van der Waals surface area contributed by atoms with Crippen molar-refractivity contribution in [2.24, 2.45) is 0 Å². The third-order valence-electron chi connectivity index (χ3n) is 7.39. The van der Waals surface area contributed by atoms with Crippen LogP contribution in [0.2, 0.25) is 0 Å². The highest BCUT2D eigenvalue weighted by atomic mass is 19.1. The van der Waals surface area contributed by atoms with Gasteiger partial charge in [0, 0.05) is 50.8 Å². The van der Waals surface area contributed by atoms with Crippen molar-refractivity contribution in [2.75, 3.05) is 52.9 Å². The molecule has 0 unspecified atom stereocenters. The van der Waals surface area contributed by atoms with Crippen LogP contribution >= 0.6 is 0 Å². The first-order valence-corrected chi connectivity index (χ1v) is 12.5. The van der Waals surface area contributed by atoms with E-state index in [0.29, 0.717) is 37.6 Å². The summed E-state index contributed by atoms with van der Waals surface area (Å²) in [6.07, 6.45) is 5.02. The molecule has 0 spiro atoms. The van der Waals surface area contributed by atoms with Crippen LogP contribution in [-0.4, -0.2) is 103 Å². The molecule has 0 aromatic rings. The largest absolute Gasteiger partial charge is 0.374 e. The molecule has 6 heteroatoms. The van der Waals surface area contributed by atoms with Crippen molar-refractivity contribution in [2.45, 2.75) is 109 Å². The fraction of sp³-hybridized carbons (Fsp3) is 1.00. The third kappa shape index (κ3) is 7.63. The first kappa shape index (κ1) is 25.4. The molecule has 5 nitrogen and oxygen atoms in total. The molecule has 2 atom stereocenters. The first-order chi connectivity index (χ1) is 14.3. The van der Waals surface area contributed by atoms with E-state index in [-0.39, 0.29) is 11.1 Å². The molecule has 0 N–H and O–H groups in total. The molecule has 3 aliphatic heterocycles. The number of alkyl halides is 1. The van der Waals surface area contributed by atoms with Gasteiger partial charge in [0.15, 0.2) is 0 Å². The highest BCUT2D eigenvalue weighted by molar-refractivity contribution is 4.93. The van der Waals surface area contributed by atoms with Gasteiger partial charge < -0.3 is 9.47 Å². The number of hydrogen-bond donors (Lipinski definition) is 0. The lowest BCUT2D eigenvalue weighted by Crippen LogP contribution is -2.54. The van der Waals surface area contributed by atoms with Crippen LogP contribution in [0, 0.1) is 0 Å². The molecule has 0 radical (unpaired) electrons. The average molecular weight is 442 g/mol. The van der Waals surface area contributed by atoms with Gasteiger partial charge in [0.25, 0.3) is 0 Å². The van der Waals surface area contributed by atoms with E-state index >= 15 is 4.39 Å². The van der Waals surface area contributed by atoms with Crippen LogP contribution in [0.15, 0.2) is 0 Å². The zero-order valence-corrected chi connectivity index (χ0v) is 21.3. The molecule has 3 fully saturated rings. The van der Waals surface area contributed by atoms with Crippen molar-refractivity contribution in [1.29, 1.82) is 0 Å². The van der Waals surface area contributed by atoms with Crippen molar-refractivity contribution in [3.05, 3.63) is 0 Å². The minimum atomic E-state index is -1.02. The summed E-state index contributed by atoms with van der Waals surface area (Å²) in [7, 11) is 2.17. The van der Waals surface area contributed by atoms with Crippen molar-refractivity contribution >= 4 is 0 Å². The number of likely N-dealkylation sites (tertiary alicyclic amines) is 3. The summed E-state index contributed by atoms with van der Waals surface area (Å²) in [4.78, 5) is 7.14. The predicted octanol–water partition coefficient (Wildman–Crippen LogP) is 3.96. The maximum atomic E-state index is 15.5. The second kappa shape index (κ2) is 9.92. The Hall–Kier alpha value is -0.270. The topological polar surface area (TPSA) is 28.2 Å². The summed E-state index contributed by atoms with van der Waals surface area (Å²) in [5.74, 6) is 0. The summed E-state index contributed by atoms with van der Waals surface area (Å²) >= 11 is 0. The second-order valence-corrected chi connectivity index (χ2v) is 12.3.